The summed E-state index contributed by atoms with van der Waals surface area (Å²) in [6, 6.07) is 0. The Bertz CT molecular complexity index is 199. The molecular formula is C9H15NO3. The lowest BCUT2D eigenvalue weighted by Crippen LogP contribution is -2.33. The van der Waals surface area contributed by atoms with Crippen molar-refractivity contribution in [1.29, 1.82) is 0 Å². The number of ether oxygens (including phenoxy) is 2. The molecule has 0 amide bonds. The van der Waals surface area contributed by atoms with Crippen LogP contribution in [-0.4, -0.2) is 29.9 Å². The minimum absolute atomic E-state index is 0.164. The second kappa shape index (κ2) is 3.64. The molecule has 1 saturated carbocycles. The zero-order valence-electron chi connectivity index (χ0n) is 7.61. The Kier molecular flexibility index (Phi) is 2.51. The fraction of sp³-hybridized carbons (Fsp3) is 0.889. The summed E-state index contributed by atoms with van der Waals surface area (Å²) in [6.45, 7) is 0.518. The van der Waals surface area contributed by atoms with Crippen LogP contribution in [0.2, 0.25) is 0 Å². The van der Waals surface area contributed by atoms with Gasteiger partial charge in [-0.25, -0.2) is 0 Å². The number of nitrogens with zero attached hydrogens (tertiary/aromatic N) is 1. The molecule has 2 aliphatic rings. The molecule has 1 aliphatic carbocycles. The number of oxime groups is 1. The van der Waals surface area contributed by atoms with E-state index in [0.717, 1.165) is 12.8 Å². The molecule has 2 fully saturated rings. The SMILES string of the molecule is O/N=C/[C@H]1COC2(CCCCC2)O1. The fourth-order valence-corrected chi connectivity index (χ4v) is 2.08. The summed E-state index contributed by atoms with van der Waals surface area (Å²) < 4.78 is 11.3. The third kappa shape index (κ3) is 1.84. The molecule has 4 heteroatoms. The summed E-state index contributed by atoms with van der Waals surface area (Å²) >= 11 is 0. The summed E-state index contributed by atoms with van der Waals surface area (Å²) in [7, 11) is 0. The molecule has 1 saturated heterocycles. The molecule has 0 radical (unpaired) electrons. The van der Waals surface area contributed by atoms with Gasteiger partial charge in [-0.2, -0.15) is 0 Å². The van der Waals surface area contributed by atoms with E-state index in [2.05, 4.69) is 5.16 Å². The first kappa shape index (κ1) is 8.97. The monoisotopic (exact) mass is 185 g/mol. The van der Waals surface area contributed by atoms with Crippen LogP contribution < -0.4 is 0 Å². The van der Waals surface area contributed by atoms with Crippen molar-refractivity contribution in [3.8, 4) is 0 Å². The minimum Gasteiger partial charge on any atom is -0.411 e. The van der Waals surface area contributed by atoms with Crippen LogP contribution in [0.25, 0.3) is 0 Å². The number of rotatable bonds is 1. The average molecular weight is 185 g/mol. The lowest BCUT2D eigenvalue weighted by Gasteiger charge is -2.31. The fourth-order valence-electron chi connectivity index (χ4n) is 2.08. The minimum atomic E-state index is -0.357. The van der Waals surface area contributed by atoms with Gasteiger partial charge in [0.2, 0.25) is 0 Å². The molecule has 1 N–H and O–H groups in total. The van der Waals surface area contributed by atoms with E-state index < -0.39 is 0 Å². The average Bonchev–Trinajstić information content (AvgIpc) is 2.51. The van der Waals surface area contributed by atoms with Crippen molar-refractivity contribution < 1.29 is 14.7 Å². The van der Waals surface area contributed by atoms with Crippen LogP contribution >= 0.6 is 0 Å². The van der Waals surface area contributed by atoms with Crippen LogP contribution in [0.1, 0.15) is 32.1 Å². The van der Waals surface area contributed by atoms with Crippen molar-refractivity contribution >= 4 is 6.21 Å². The molecule has 0 aromatic rings. The third-order valence-electron chi connectivity index (χ3n) is 2.73. The molecule has 0 unspecified atom stereocenters. The highest BCUT2D eigenvalue weighted by molar-refractivity contribution is 5.62. The van der Waals surface area contributed by atoms with Crippen LogP contribution in [0.3, 0.4) is 0 Å². The first-order valence-corrected chi connectivity index (χ1v) is 4.84. The van der Waals surface area contributed by atoms with E-state index in [1.54, 1.807) is 0 Å². The highest BCUT2D eigenvalue weighted by atomic mass is 16.7. The van der Waals surface area contributed by atoms with E-state index in [-0.39, 0.29) is 11.9 Å². The van der Waals surface area contributed by atoms with Gasteiger partial charge in [0.15, 0.2) is 5.79 Å². The Morgan fingerprint density at radius 1 is 1.31 bits per heavy atom. The van der Waals surface area contributed by atoms with Crippen LogP contribution in [-0.2, 0) is 9.47 Å². The van der Waals surface area contributed by atoms with E-state index in [4.69, 9.17) is 14.7 Å². The first-order chi connectivity index (χ1) is 6.35. The molecule has 4 nitrogen and oxygen atoms in total. The van der Waals surface area contributed by atoms with Crippen molar-refractivity contribution in [3.63, 3.8) is 0 Å². The normalized spacial score (nSPS) is 33.1. The molecule has 74 valence electrons. The summed E-state index contributed by atoms with van der Waals surface area (Å²) in [5, 5.41) is 11.3. The Morgan fingerprint density at radius 2 is 2.08 bits per heavy atom. The number of hydrogen-bond donors (Lipinski definition) is 1. The maximum Gasteiger partial charge on any atom is 0.169 e. The molecule has 0 bridgehead atoms. The van der Waals surface area contributed by atoms with Crippen molar-refractivity contribution in [2.45, 2.75) is 44.0 Å². The summed E-state index contributed by atoms with van der Waals surface area (Å²) in [5.41, 5.74) is 0. The predicted molar refractivity (Wildman–Crippen MR) is 46.9 cm³/mol. The van der Waals surface area contributed by atoms with Crippen molar-refractivity contribution in [3.05, 3.63) is 0 Å². The molecule has 0 aromatic carbocycles. The van der Waals surface area contributed by atoms with E-state index in [0.29, 0.717) is 6.61 Å². The molecule has 1 heterocycles. The summed E-state index contributed by atoms with van der Waals surface area (Å²) in [5.74, 6) is -0.357. The highest BCUT2D eigenvalue weighted by Crippen LogP contribution is 2.37. The molecular weight excluding hydrogens is 170 g/mol. The van der Waals surface area contributed by atoms with Gasteiger partial charge in [-0.1, -0.05) is 11.6 Å². The van der Waals surface area contributed by atoms with Gasteiger partial charge < -0.3 is 14.7 Å². The van der Waals surface area contributed by atoms with Crippen molar-refractivity contribution in [2.24, 2.45) is 5.16 Å². The van der Waals surface area contributed by atoms with E-state index in [1.165, 1.54) is 25.5 Å². The van der Waals surface area contributed by atoms with E-state index in [1.807, 2.05) is 0 Å². The van der Waals surface area contributed by atoms with Gasteiger partial charge in [-0.15, -0.1) is 0 Å². The molecule has 2 rings (SSSR count). The molecule has 1 atom stereocenters. The van der Waals surface area contributed by atoms with Crippen LogP contribution in [0.15, 0.2) is 5.16 Å². The topological polar surface area (TPSA) is 51.1 Å². The maximum atomic E-state index is 8.35. The number of hydrogen-bond acceptors (Lipinski definition) is 4. The summed E-state index contributed by atoms with van der Waals surface area (Å²) in [4.78, 5) is 0. The van der Waals surface area contributed by atoms with Crippen molar-refractivity contribution in [1.82, 2.24) is 0 Å². The van der Waals surface area contributed by atoms with Gasteiger partial charge in [0.25, 0.3) is 0 Å². The largest absolute Gasteiger partial charge is 0.411 e. The smallest absolute Gasteiger partial charge is 0.169 e. The maximum absolute atomic E-state index is 8.35. The summed E-state index contributed by atoms with van der Waals surface area (Å²) in [6.07, 6.45) is 6.79. The van der Waals surface area contributed by atoms with Gasteiger partial charge in [-0.05, 0) is 12.8 Å². The molecule has 1 spiro atoms. The zero-order chi connectivity index (χ0) is 9.15. The molecule has 0 aromatic heterocycles. The lowest BCUT2D eigenvalue weighted by molar-refractivity contribution is -0.181. The van der Waals surface area contributed by atoms with Crippen LogP contribution in [0.4, 0.5) is 0 Å². The Morgan fingerprint density at radius 3 is 2.77 bits per heavy atom. The van der Waals surface area contributed by atoms with Gasteiger partial charge in [0, 0.05) is 12.8 Å². The van der Waals surface area contributed by atoms with E-state index >= 15 is 0 Å². The molecule has 1 aliphatic heterocycles. The third-order valence-corrected chi connectivity index (χ3v) is 2.73. The van der Waals surface area contributed by atoms with Crippen LogP contribution in [0.5, 0.6) is 0 Å². The van der Waals surface area contributed by atoms with Crippen molar-refractivity contribution in [2.75, 3.05) is 6.61 Å². The lowest BCUT2D eigenvalue weighted by atomic mass is 9.94. The quantitative estimate of drug-likeness (QED) is 0.383. The first-order valence-electron chi connectivity index (χ1n) is 4.84. The van der Waals surface area contributed by atoms with E-state index in [9.17, 15) is 0 Å². The van der Waals surface area contributed by atoms with Gasteiger partial charge in [-0.3, -0.25) is 0 Å². The van der Waals surface area contributed by atoms with Crippen LogP contribution in [0, 0.1) is 0 Å². The Balaban J connectivity index is 1.94. The zero-order valence-corrected chi connectivity index (χ0v) is 7.61. The second-order valence-electron chi connectivity index (χ2n) is 3.70. The standard InChI is InChI=1S/C9H15NO3/c11-10-6-8-7-12-9(13-8)4-2-1-3-5-9/h6,8,11H,1-5,7H2/b10-6+/t8-/m0/s1. The Hall–Kier alpha value is -0.610. The van der Waals surface area contributed by atoms with Gasteiger partial charge in [0.1, 0.15) is 6.10 Å². The Labute approximate surface area is 77.5 Å². The van der Waals surface area contributed by atoms with Gasteiger partial charge >= 0.3 is 0 Å². The molecule has 13 heavy (non-hydrogen) atoms. The predicted octanol–water partition coefficient (Wildman–Crippen LogP) is 1.52. The second-order valence-corrected chi connectivity index (χ2v) is 3.70. The van der Waals surface area contributed by atoms with Gasteiger partial charge in [0.05, 0.1) is 12.8 Å². The highest BCUT2D eigenvalue weighted by Gasteiger charge is 2.41.